The zero-order valence-electron chi connectivity index (χ0n) is 9.90. The Hall–Kier alpha value is -1.74. The van der Waals surface area contributed by atoms with Crippen molar-refractivity contribution in [3.63, 3.8) is 0 Å². The zero-order valence-corrected chi connectivity index (χ0v) is 10.7. The van der Waals surface area contributed by atoms with Crippen molar-refractivity contribution in [3.05, 3.63) is 41.4 Å². The zero-order chi connectivity index (χ0) is 12.0. The molecule has 0 bridgehead atoms. The van der Waals surface area contributed by atoms with Crippen LogP contribution in [0.25, 0.3) is 22.0 Å². The minimum Gasteiger partial charge on any atom is -0.391 e. The van der Waals surface area contributed by atoms with Crippen LogP contribution in [-0.2, 0) is 7.05 Å². The molecule has 0 spiro atoms. The predicted molar refractivity (Wildman–Crippen MR) is 75.4 cm³/mol. The molecule has 2 heterocycles. The van der Waals surface area contributed by atoms with Gasteiger partial charge >= 0.3 is 0 Å². The summed E-state index contributed by atoms with van der Waals surface area (Å²) < 4.78 is 2.23. The van der Waals surface area contributed by atoms with E-state index in [-0.39, 0.29) is 0 Å². The smallest absolute Gasteiger partial charge is 0.0862 e. The Morgan fingerprint density at radius 2 is 2.00 bits per heavy atom. The first-order valence-electron chi connectivity index (χ1n) is 5.57. The highest BCUT2D eigenvalue weighted by molar-refractivity contribution is 7.14. The molecule has 2 N–H and O–H groups in total. The van der Waals surface area contributed by atoms with E-state index in [1.165, 1.54) is 27.7 Å². The highest BCUT2D eigenvalue weighted by Gasteiger charge is 2.13. The van der Waals surface area contributed by atoms with Crippen LogP contribution in [0.5, 0.6) is 0 Å². The molecule has 3 aromatic rings. The molecule has 0 saturated heterocycles. The van der Waals surface area contributed by atoms with Gasteiger partial charge < -0.3 is 10.3 Å². The number of para-hydroxylation sites is 1. The third kappa shape index (κ3) is 1.46. The fraction of sp³-hybridized carbons (Fsp3) is 0.143. The second-order valence-electron chi connectivity index (χ2n) is 4.27. The Kier molecular flexibility index (Phi) is 2.23. The first-order chi connectivity index (χ1) is 8.18. The molecule has 0 unspecified atom stereocenters. The molecule has 0 atom stereocenters. The number of thiophene rings is 1. The molecule has 0 saturated carbocycles. The van der Waals surface area contributed by atoms with Gasteiger partial charge in [-0.05, 0) is 24.6 Å². The highest BCUT2D eigenvalue weighted by Crippen LogP contribution is 2.36. The second kappa shape index (κ2) is 3.64. The molecular weight excluding hydrogens is 228 g/mol. The number of aryl methyl sites for hydroxylation is 1. The maximum Gasteiger partial charge on any atom is 0.0862 e. The van der Waals surface area contributed by atoms with Crippen LogP contribution < -0.4 is 5.73 Å². The van der Waals surface area contributed by atoms with Gasteiger partial charge in [0.15, 0.2) is 0 Å². The quantitative estimate of drug-likeness (QED) is 0.691. The number of anilines is 1. The molecule has 0 aliphatic rings. The van der Waals surface area contributed by atoms with Crippen LogP contribution in [0.2, 0.25) is 0 Å². The van der Waals surface area contributed by atoms with E-state index in [4.69, 9.17) is 5.73 Å². The van der Waals surface area contributed by atoms with Crippen LogP contribution in [0.4, 0.5) is 5.00 Å². The van der Waals surface area contributed by atoms with Gasteiger partial charge in [-0.15, -0.1) is 11.3 Å². The predicted octanol–water partition coefficient (Wildman–Crippen LogP) is 3.80. The number of nitrogens with two attached hydrogens (primary N) is 1. The van der Waals surface area contributed by atoms with Crippen molar-refractivity contribution in [1.82, 2.24) is 4.57 Å². The van der Waals surface area contributed by atoms with E-state index in [2.05, 4.69) is 54.3 Å². The summed E-state index contributed by atoms with van der Waals surface area (Å²) in [7, 11) is 2.11. The summed E-state index contributed by atoms with van der Waals surface area (Å²) in [5.74, 6) is 0. The largest absolute Gasteiger partial charge is 0.391 e. The molecule has 86 valence electrons. The normalized spacial score (nSPS) is 11.2. The van der Waals surface area contributed by atoms with Gasteiger partial charge in [-0.3, -0.25) is 0 Å². The van der Waals surface area contributed by atoms with Gasteiger partial charge in [0.25, 0.3) is 0 Å². The maximum atomic E-state index is 5.83. The number of benzene rings is 1. The van der Waals surface area contributed by atoms with Gasteiger partial charge in [0.05, 0.1) is 5.00 Å². The molecule has 17 heavy (non-hydrogen) atoms. The van der Waals surface area contributed by atoms with Gasteiger partial charge in [-0.2, -0.15) is 0 Å². The minimum atomic E-state index is 0.868. The SMILES string of the molecule is Cc1c(-c2csc(N)c2)c2ccccc2n1C. The monoisotopic (exact) mass is 242 g/mol. The van der Waals surface area contributed by atoms with Crippen molar-refractivity contribution in [2.24, 2.45) is 7.05 Å². The van der Waals surface area contributed by atoms with Crippen LogP contribution in [-0.4, -0.2) is 4.57 Å². The third-order valence-electron chi connectivity index (χ3n) is 3.31. The molecule has 2 aromatic heterocycles. The lowest BCUT2D eigenvalue weighted by atomic mass is 10.1. The summed E-state index contributed by atoms with van der Waals surface area (Å²) in [5.41, 5.74) is 10.9. The van der Waals surface area contributed by atoms with Crippen molar-refractivity contribution < 1.29 is 0 Å². The summed E-state index contributed by atoms with van der Waals surface area (Å²) in [6, 6.07) is 10.5. The highest BCUT2D eigenvalue weighted by atomic mass is 32.1. The van der Waals surface area contributed by atoms with Crippen molar-refractivity contribution in [1.29, 1.82) is 0 Å². The summed E-state index contributed by atoms with van der Waals surface area (Å²) in [6.45, 7) is 2.16. The number of aromatic nitrogens is 1. The number of hydrogen-bond donors (Lipinski definition) is 1. The lowest BCUT2D eigenvalue weighted by Gasteiger charge is -1.99. The maximum absolute atomic E-state index is 5.83. The number of rotatable bonds is 1. The van der Waals surface area contributed by atoms with E-state index in [1.807, 2.05) is 0 Å². The van der Waals surface area contributed by atoms with E-state index in [0.717, 1.165) is 5.00 Å². The fourth-order valence-electron chi connectivity index (χ4n) is 2.37. The Labute approximate surface area is 104 Å². The van der Waals surface area contributed by atoms with Crippen molar-refractivity contribution >= 4 is 27.2 Å². The van der Waals surface area contributed by atoms with Gasteiger partial charge in [0.2, 0.25) is 0 Å². The van der Waals surface area contributed by atoms with Crippen LogP contribution in [0.15, 0.2) is 35.7 Å². The summed E-state index contributed by atoms with van der Waals surface area (Å²) in [5, 5.41) is 4.29. The van der Waals surface area contributed by atoms with Gasteiger partial charge in [0, 0.05) is 34.6 Å². The number of nitrogen functional groups attached to an aromatic ring is 1. The summed E-state index contributed by atoms with van der Waals surface area (Å²) >= 11 is 1.59. The van der Waals surface area contributed by atoms with Crippen LogP contribution >= 0.6 is 11.3 Å². The van der Waals surface area contributed by atoms with Crippen molar-refractivity contribution in [2.45, 2.75) is 6.92 Å². The molecule has 3 heteroatoms. The van der Waals surface area contributed by atoms with E-state index < -0.39 is 0 Å². The standard InChI is InChI=1S/C14H14N2S/c1-9-14(10-7-13(15)17-8-10)11-5-3-4-6-12(11)16(9)2/h3-8H,15H2,1-2H3. The summed E-state index contributed by atoms with van der Waals surface area (Å²) in [4.78, 5) is 0. The molecule has 0 aliphatic carbocycles. The van der Waals surface area contributed by atoms with Crippen molar-refractivity contribution in [3.8, 4) is 11.1 Å². The van der Waals surface area contributed by atoms with E-state index in [1.54, 1.807) is 11.3 Å². The molecule has 0 fully saturated rings. The Bertz CT molecular complexity index is 691. The molecule has 1 aromatic carbocycles. The molecule has 3 rings (SSSR count). The molecular formula is C14H14N2S. The average molecular weight is 242 g/mol. The molecule has 2 nitrogen and oxygen atoms in total. The first kappa shape index (κ1) is 10.4. The Morgan fingerprint density at radius 1 is 1.24 bits per heavy atom. The van der Waals surface area contributed by atoms with Crippen LogP contribution in [0.1, 0.15) is 5.69 Å². The lowest BCUT2D eigenvalue weighted by molar-refractivity contribution is 0.920. The van der Waals surface area contributed by atoms with E-state index >= 15 is 0 Å². The minimum absolute atomic E-state index is 0.868. The van der Waals surface area contributed by atoms with Gasteiger partial charge in [0.1, 0.15) is 0 Å². The third-order valence-corrected chi connectivity index (χ3v) is 4.07. The lowest BCUT2D eigenvalue weighted by Crippen LogP contribution is -1.89. The topological polar surface area (TPSA) is 30.9 Å². The Morgan fingerprint density at radius 3 is 2.71 bits per heavy atom. The summed E-state index contributed by atoms with van der Waals surface area (Å²) in [6.07, 6.45) is 0. The van der Waals surface area contributed by atoms with Gasteiger partial charge in [-0.1, -0.05) is 18.2 Å². The van der Waals surface area contributed by atoms with Gasteiger partial charge in [-0.25, -0.2) is 0 Å². The molecule has 0 amide bonds. The number of fused-ring (bicyclic) bond motifs is 1. The number of hydrogen-bond acceptors (Lipinski definition) is 2. The van der Waals surface area contributed by atoms with Crippen LogP contribution in [0.3, 0.4) is 0 Å². The first-order valence-corrected chi connectivity index (χ1v) is 6.45. The fourth-order valence-corrected chi connectivity index (χ4v) is 3.01. The number of nitrogens with zero attached hydrogens (tertiary/aromatic N) is 1. The average Bonchev–Trinajstić information content (AvgIpc) is 2.84. The van der Waals surface area contributed by atoms with E-state index in [9.17, 15) is 0 Å². The molecule has 0 aliphatic heterocycles. The van der Waals surface area contributed by atoms with Crippen molar-refractivity contribution in [2.75, 3.05) is 5.73 Å². The molecule has 0 radical (unpaired) electrons. The van der Waals surface area contributed by atoms with E-state index in [0.29, 0.717) is 0 Å². The second-order valence-corrected chi connectivity index (χ2v) is 5.22. The van der Waals surface area contributed by atoms with Crippen LogP contribution in [0, 0.1) is 6.92 Å². The Balaban J connectivity index is 2.40.